The van der Waals surface area contributed by atoms with Gasteiger partial charge in [-0.15, -0.1) is 12.4 Å². The average Bonchev–Trinajstić information content (AvgIpc) is 2.88. The number of aliphatic hydroxyl groups is 1. The normalized spacial score (nSPS) is 20.2. The zero-order valence-electron chi connectivity index (χ0n) is 14.0. The molecular formula is C17H27ClN2O3. The maximum atomic E-state index is 11.8. The first-order valence-corrected chi connectivity index (χ1v) is 7.86. The molecule has 1 aliphatic heterocycles. The number of aliphatic hydroxyl groups excluding tert-OH is 1. The van der Waals surface area contributed by atoms with Crippen LogP contribution in [0.4, 0.5) is 0 Å². The minimum atomic E-state index is -0.382. The number of amides is 1. The number of carbonyl (C=O) groups is 1. The Bertz CT molecular complexity index is 523. The molecule has 2 rings (SSSR count). The highest BCUT2D eigenvalue weighted by Crippen LogP contribution is 2.23. The van der Waals surface area contributed by atoms with Gasteiger partial charge in [0.05, 0.1) is 6.10 Å². The van der Waals surface area contributed by atoms with Gasteiger partial charge in [-0.05, 0) is 36.1 Å². The number of ether oxygens (including phenoxy) is 1. The molecule has 0 aromatic heterocycles. The quantitative estimate of drug-likeness (QED) is 0.734. The fraction of sp³-hybridized carbons (Fsp3) is 0.588. The lowest BCUT2D eigenvalue weighted by Gasteiger charge is -2.15. The van der Waals surface area contributed by atoms with Gasteiger partial charge in [0.15, 0.2) is 6.61 Å². The van der Waals surface area contributed by atoms with E-state index in [0.29, 0.717) is 24.8 Å². The van der Waals surface area contributed by atoms with Crippen molar-refractivity contribution in [3.63, 3.8) is 0 Å². The van der Waals surface area contributed by atoms with E-state index in [9.17, 15) is 9.90 Å². The molecule has 0 bridgehead atoms. The molecule has 23 heavy (non-hydrogen) atoms. The van der Waals surface area contributed by atoms with Crippen molar-refractivity contribution in [3.05, 3.63) is 29.3 Å². The Balaban J connectivity index is 0.00000264. The summed E-state index contributed by atoms with van der Waals surface area (Å²) in [5.74, 6) is 1.10. The predicted molar refractivity (Wildman–Crippen MR) is 93.4 cm³/mol. The second kappa shape index (κ2) is 9.11. The molecule has 0 radical (unpaired) electrons. The van der Waals surface area contributed by atoms with Gasteiger partial charge in [0.2, 0.25) is 0 Å². The second-order valence-electron chi connectivity index (χ2n) is 6.25. The van der Waals surface area contributed by atoms with Crippen LogP contribution in [0.2, 0.25) is 0 Å². The Morgan fingerprint density at radius 1 is 1.43 bits per heavy atom. The van der Waals surface area contributed by atoms with Crippen molar-refractivity contribution in [1.82, 2.24) is 10.6 Å². The Labute approximate surface area is 144 Å². The largest absolute Gasteiger partial charge is 0.484 e. The van der Waals surface area contributed by atoms with Crippen LogP contribution >= 0.6 is 12.4 Å². The smallest absolute Gasteiger partial charge is 0.257 e. The van der Waals surface area contributed by atoms with E-state index in [4.69, 9.17) is 4.74 Å². The van der Waals surface area contributed by atoms with Gasteiger partial charge < -0.3 is 20.5 Å². The summed E-state index contributed by atoms with van der Waals surface area (Å²) in [6.45, 7) is 8.16. The molecule has 1 heterocycles. The van der Waals surface area contributed by atoms with Gasteiger partial charge in [-0.3, -0.25) is 4.79 Å². The Morgan fingerprint density at radius 3 is 2.74 bits per heavy atom. The molecule has 2 unspecified atom stereocenters. The van der Waals surface area contributed by atoms with Gasteiger partial charge in [-0.2, -0.15) is 0 Å². The molecule has 5 nitrogen and oxygen atoms in total. The van der Waals surface area contributed by atoms with Gasteiger partial charge in [-0.1, -0.05) is 19.9 Å². The monoisotopic (exact) mass is 342 g/mol. The maximum absolute atomic E-state index is 11.8. The van der Waals surface area contributed by atoms with E-state index in [1.165, 1.54) is 11.1 Å². The van der Waals surface area contributed by atoms with Crippen molar-refractivity contribution in [2.24, 2.45) is 5.92 Å². The van der Waals surface area contributed by atoms with Crippen LogP contribution in [0.25, 0.3) is 0 Å². The van der Waals surface area contributed by atoms with E-state index in [1.54, 1.807) is 0 Å². The number of hydrogen-bond donors (Lipinski definition) is 3. The number of carbonyl (C=O) groups excluding carboxylic acids is 1. The highest BCUT2D eigenvalue weighted by Gasteiger charge is 2.24. The molecule has 130 valence electrons. The molecule has 1 aliphatic rings. The number of hydrogen-bond acceptors (Lipinski definition) is 4. The topological polar surface area (TPSA) is 70.6 Å². The summed E-state index contributed by atoms with van der Waals surface area (Å²) >= 11 is 0. The second-order valence-corrected chi connectivity index (χ2v) is 6.25. The van der Waals surface area contributed by atoms with Crippen molar-refractivity contribution >= 4 is 18.3 Å². The van der Waals surface area contributed by atoms with E-state index in [1.807, 2.05) is 18.2 Å². The highest BCUT2D eigenvalue weighted by atomic mass is 35.5. The molecule has 1 fully saturated rings. The molecule has 0 saturated carbocycles. The van der Waals surface area contributed by atoms with Crippen molar-refractivity contribution in [1.29, 1.82) is 0 Å². The third kappa shape index (κ3) is 5.68. The third-order valence-electron chi connectivity index (χ3n) is 4.10. The number of β-amino-alcohol motifs (C(OH)–C–C–N with tert-alkyl or cyclic N) is 1. The standard InChI is InChI=1S/C17H26N2O3.ClH/c1-11(2)15-5-4-14(6-12(15)3)22-10-17(21)19-8-13-7-18-9-16(13)20;/h4-6,11,13,16,18,20H,7-10H2,1-3H3,(H,19,21);1H. The highest BCUT2D eigenvalue weighted by molar-refractivity contribution is 5.85. The number of halogens is 1. The van der Waals surface area contributed by atoms with E-state index in [-0.39, 0.29) is 36.9 Å². The molecule has 0 spiro atoms. The third-order valence-corrected chi connectivity index (χ3v) is 4.10. The number of benzene rings is 1. The van der Waals surface area contributed by atoms with Gasteiger partial charge in [0, 0.05) is 25.6 Å². The fourth-order valence-electron chi connectivity index (χ4n) is 2.76. The minimum Gasteiger partial charge on any atom is -0.484 e. The molecule has 1 aromatic rings. The van der Waals surface area contributed by atoms with Crippen molar-refractivity contribution in [3.8, 4) is 5.75 Å². The molecule has 1 amide bonds. The lowest BCUT2D eigenvalue weighted by Crippen LogP contribution is -2.36. The zero-order valence-corrected chi connectivity index (χ0v) is 14.8. The molecule has 3 N–H and O–H groups in total. The van der Waals surface area contributed by atoms with Gasteiger partial charge >= 0.3 is 0 Å². The zero-order chi connectivity index (χ0) is 16.1. The average molecular weight is 343 g/mol. The van der Waals surface area contributed by atoms with Crippen molar-refractivity contribution < 1.29 is 14.6 Å². The van der Waals surface area contributed by atoms with Crippen LogP contribution in [0.15, 0.2) is 18.2 Å². The van der Waals surface area contributed by atoms with Crippen molar-refractivity contribution in [2.45, 2.75) is 32.8 Å². The Hall–Kier alpha value is -1.30. The summed E-state index contributed by atoms with van der Waals surface area (Å²) < 4.78 is 5.54. The molecule has 2 atom stereocenters. The first kappa shape index (κ1) is 19.7. The number of rotatable bonds is 6. The van der Waals surface area contributed by atoms with E-state index in [2.05, 4.69) is 31.4 Å². The number of aryl methyl sites for hydroxylation is 1. The molecule has 1 saturated heterocycles. The van der Waals surface area contributed by atoms with E-state index in [0.717, 1.165) is 6.54 Å². The summed E-state index contributed by atoms with van der Waals surface area (Å²) in [5.41, 5.74) is 2.47. The van der Waals surface area contributed by atoms with Gasteiger partial charge in [-0.25, -0.2) is 0 Å². The molecule has 1 aromatic carbocycles. The summed E-state index contributed by atoms with van der Waals surface area (Å²) in [5, 5.41) is 15.6. The SMILES string of the molecule is Cc1cc(OCC(=O)NCC2CNCC2O)ccc1C(C)C.Cl. The summed E-state index contributed by atoms with van der Waals surface area (Å²) in [6, 6.07) is 5.92. The first-order chi connectivity index (χ1) is 10.5. The first-order valence-electron chi connectivity index (χ1n) is 7.86. The number of nitrogens with one attached hydrogen (secondary N) is 2. The van der Waals surface area contributed by atoms with E-state index < -0.39 is 0 Å². The Kier molecular flexibility index (Phi) is 7.82. The van der Waals surface area contributed by atoms with Crippen LogP contribution in [0.1, 0.15) is 30.9 Å². The minimum absolute atomic E-state index is 0. The van der Waals surface area contributed by atoms with Crippen LogP contribution in [0.5, 0.6) is 5.75 Å². The summed E-state index contributed by atoms with van der Waals surface area (Å²) in [4.78, 5) is 11.8. The fourth-order valence-corrected chi connectivity index (χ4v) is 2.76. The van der Waals surface area contributed by atoms with Gasteiger partial charge in [0.25, 0.3) is 5.91 Å². The molecule has 6 heteroatoms. The summed E-state index contributed by atoms with van der Waals surface area (Å²) in [7, 11) is 0. The predicted octanol–water partition coefficient (Wildman–Crippen LogP) is 1.62. The van der Waals surface area contributed by atoms with Crippen LogP contribution < -0.4 is 15.4 Å². The van der Waals surface area contributed by atoms with Crippen LogP contribution in [-0.2, 0) is 4.79 Å². The maximum Gasteiger partial charge on any atom is 0.257 e. The van der Waals surface area contributed by atoms with Crippen LogP contribution in [0, 0.1) is 12.8 Å². The molecular weight excluding hydrogens is 316 g/mol. The van der Waals surface area contributed by atoms with Crippen LogP contribution in [-0.4, -0.2) is 43.4 Å². The Morgan fingerprint density at radius 2 is 2.17 bits per heavy atom. The lowest BCUT2D eigenvalue weighted by atomic mass is 9.98. The molecule has 0 aliphatic carbocycles. The summed E-state index contributed by atoms with van der Waals surface area (Å²) in [6.07, 6.45) is -0.382. The lowest BCUT2D eigenvalue weighted by molar-refractivity contribution is -0.123. The van der Waals surface area contributed by atoms with Crippen molar-refractivity contribution in [2.75, 3.05) is 26.2 Å². The van der Waals surface area contributed by atoms with Crippen LogP contribution in [0.3, 0.4) is 0 Å². The van der Waals surface area contributed by atoms with E-state index >= 15 is 0 Å². The van der Waals surface area contributed by atoms with Gasteiger partial charge in [0.1, 0.15) is 5.75 Å².